The molecule has 6 rings (SSSR count). The number of anilines is 3. The van der Waals surface area contributed by atoms with E-state index in [1.165, 1.54) is 0 Å². The molecule has 0 radical (unpaired) electrons. The van der Waals surface area contributed by atoms with Crippen molar-refractivity contribution < 1.29 is 18.7 Å². The minimum Gasteiger partial charge on any atom is -0.436 e. The van der Waals surface area contributed by atoms with E-state index in [-0.39, 0.29) is 17.9 Å². The Labute approximate surface area is 208 Å². The standard InChI is InChI=1S/C26H28N6O4/c1-27-24-19-11-28-23(31-25(33)15-3-4-15)10-18(19)20(12-29-24)26-30-21-9-16(5-6-22(21)36-26)32-7-8-35-17(13-32)14-34-2/h5-6,9-12,15,17H,3-4,7-8,13-14H2,1-2H3,(H,27,29)(H,28,31,33)/t17-/m1/s1. The van der Waals surface area contributed by atoms with Crippen molar-refractivity contribution in [3.05, 3.63) is 36.7 Å². The molecular weight excluding hydrogens is 460 g/mol. The molecule has 3 aromatic heterocycles. The molecule has 0 spiro atoms. The largest absolute Gasteiger partial charge is 0.436 e. The van der Waals surface area contributed by atoms with E-state index in [0.717, 1.165) is 53.5 Å². The Hall–Kier alpha value is -3.76. The highest BCUT2D eigenvalue weighted by molar-refractivity contribution is 6.03. The molecule has 1 atom stereocenters. The van der Waals surface area contributed by atoms with Crippen LogP contribution in [0.1, 0.15) is 12.8 Å². The number of nitrogens with zero attached hydrogens (tertiary/aromatic N) is 4. The number of fused-ring (bicyclic) bond motifs is 2. The van der Waals surface area contributed by atoms with Crippen molar-refractivity contribution in [2.45, 2.75) is 18.9 Å². The summed E-state index contributed by atoms with van der Waals surface area (Å²) in [6.07, 6.45) is 5.36. The van der Waals surface area contributed by atoms with Crippen LogP contribution in [-0.2, 0) is 14.3 Å². The van der Waals surface area contributed by atoms with Gasteiger partial charge in [-0.15, -0.1) is 0 Å². The van der Waals surface area contributed by atoms with Crippen LogP contribution in [0.5, 0.6) is 0 Å². The van der Waals surface area contributed by atoms with Gasteiger partial charge in [-0.25, -0.2) is 15.0 Å². The van der Waals surface area contributed by atoms with Crippen LogP contribution in [0, 0.1) is 5.92 Å². The van der Waals surface area contributed by atoms with Crippen molar-refractivity contribution in [2.75, 3.05) is 56.0 Å². The first kappa shape index (κ1) is 22.7. The lowest BCUT2D eigenvalue weighted by atomic mass is 10.1. The number of hydrogen-bond donors (Lipinski definition) is 2. The SMILES string of the molecule is CNc1ncc(-c2nc3cc(N4CCO[C@@H](COC)C4)ccc3o2)c2cc(NC(=O)C3CC3)ncc12. The number of methoxy groups -OCH3 is 1. The number of aromatic nitrogens is 3. The molecule has 0 unspecified atom stereocenters. The first-order valence-corrected chi connectivity index (χ1v) is 12.2. The van der Waals surface area contributed by atoms with Gasteiger partial charge < -0.3 is 29.4 Å². The van der Waals surface area contributed by atoms with Gasteiger partial charge in [0.1, 0.15) is 17.2 Å². The van der Waals surface area contributed by atoms with Crippen molar-refractivity contribution in [3.8, 4) is 11.5 Å². The van der Waals surface area contributed by atoms with Crippen molar-refractivity contribution in [2.24, 2.45) is 5.92 Å². The number of ether oxygens (including phenoxy) is 2. The molecule has 2 fully saturated rings. The fourth-order valence-corrected chi connectivity index (χ4v) is 4.62. The minimum absolute atomic E-state index is 0.0107. The Kier molecular flexibility index (Phi) is 5.90. The first-order valence-electron chi connectivity index (χ1n) is 12.2. The zero-order chi connectivity index (χ0) is 24.6. The molecule has 2 N–H and O–H groups in total. The maximum Gasteiger partial charge on any atom is 0.229 e. The van der Waals surface area contributed by atoms with E-state index >= 15 is 0 Å². The van der Waals surface area contributed by atoms with Crippen LogP contribution in [0.15, 0.2) is 41.1 Å². The van der Waals surface area contributed by atoms with E-state index in [4.69, 9.17) is 18.9 Å². The van der Waals surface area contributed by atoms with Gasteiger partial charge in [0.25, 0.3) is 0 Å². The smallest absolute Gasteiger partial charge is 0.229 e. The molecule has 10 nitrogen and oxygen atoms in total. The van der Waals surface area contributed by atoms with E-state index in [2.05, 4.69) is 25.5 Å². The summed E-state index contributed by atoms with van der Waals surface area (Å²) in [4.78, 5) is 28.4. The monoisotopic (exact) mass is 488 g/mol. The Morgan fingerprint density at radius 1 is 1.19 bits per heavy atom. The third-order valence-corrected chi connectivity index (χ3v) is 6.67. The van der Waals surface area contributed by atoms with Crippen molar-refractivity contribution in [1.29, 1.82) is 0 Å². The number of amides is 1. The highest BCUT2D eigenvalue weighted by Gasteiger charge is 2.30. The fraction of sp³-hybridized carbons (Fsp3) is 0.385. The van der Waals surface area contributed by atoms with E-state index in [1.54, 1.807) is 19.5 Å². The number of oxazole rings is 1. The van der Waals surface area contributed by atoms with Crippen LogP contribution in [0.2, 0.25) is 0 Å². The average Bonchev–Trinajstić information content (AvgIpc) is 3.67. The predicted octanol–water partition coefficient (Wildman–Crippen LogP) is 3.68. The molecule has 1 saturated carbocycles. The molecule has 10 heteroatoms. The topological polar surface area (TPSA) is 115 Å². The summed E-state index contributed by atoms with van der Waals surface area (Å²) in [6, 6.07) is 7.89. The van der Waals surface area contributed by atoms with E-state index < -0.39 is 0 Å². The molecule has 36 heavy (non-hydrogen) atoms. The molecule has 1 amide bonds. The molecule has 4 heterocycles. The van der Waals surface area contributed by atoms with Gasteiger partial charge in [-0.05, 0) is 37.1 Å². The maximum atomic E-state index is 12.3. The van der Waals surface area contributed by atoms with E-state index in [9.17, 15) is 4.79 Å². The van der Waals surface area contributed by atoms with Gasteiger partial charge in [-0.2, -0.15) is 0 Å². The average molecular weight is 489 g/mol. The fourth-order valence-electron chi connectivity index (χ4n) is 4.62. The normalized spacial score (nSPS) is 18.1. The second kappa shape index (κ2) is 9.36. The van der Waals surface area contributed by atoms with Crippen LogP contribution in [0.3, 0.4) is 0 Å². The Bertz CT molecular complexity index is 1430. The lowest BCUT2D eigenvalue weighted by Crippen LogP contribution is -2.44. The van der Waals surface area contributed by atoms with Crippen LogP contribution >= 0.6 is 0 Å². The van der Waals surface area contributed by atoms with Crippen LogP contribution < -0.4 is 15.5 Å². The number of carbonyl (C=O) groups is 1. The van der Waals surface area contributed by atoms with Gasteiger partial charge in [0.2, 0.25) is 11.8 Å². The van der Waals surface area contributed by atoms with Gasteiger partial charge in [0, 0.05) is 62.0 Å². The zero-order valence-electron chi connectivity index (χ0n) is 20.3. The number of carbonyl (C=O) groups excluding carboxylic acids is 1. The van der Waals surface area contributed by atoms with Crippen LogP contribution in [0.4, 0.5) is 17.3 Å². The lowest BCUT2D eigenvalue weighted by molar-refractivity contribution is -0.117. The van der Waals surface area contributed by atoms with E-state index in [1.807, 2.05) is 31.3 Å². The zero-order valence-corrected chi connectivity index (χ0v) is 20.3. The molecule has 1 aromatic carbocycles. The lowest BCUT2D eigenvalue weighted by Gasteiger charge is -2.34. The maximum absolute atomic E-state index is 12.3. The summed E-state index contributed by atoms with van der Waals surface area (Å²) < 4.78 is 17.2. The van der Waals surface area contributed by atoms with Crippen LogP contribution in [-0.4, -0.2) is 67.4 Å². The Morgan fingerprint density at radius 3 is 2.89 bits per heavy atom. The van der Waals surface area contributed by atoms with Crippen molar-refractivity contribution in [1.82, 2.24) is 15.0 Å². The quantitative estimate of drug-likeness (QED) is 0.402. The molecule has 186 valence electrons. The van der Waals surface area contributed by atoms with Crippen molar-refractivity contribution >= 4 is 45.1 Å². The number of morpholine rings is 1. The number of hydrogen-bond acceptors (Lipinski definition) is 9. The van der Waals surface area contributed by atoms with Gasteiger partial charge in [-0.1, -0.05) is 0 Å². The Balaban J connectivity index is 1.36. The second-order valence-corrected chi connectivity index (χ2v) is 9.21. The Morgan fingerprint density at radius 2 is 2.08 bits per heavy atom. The first-order chi connectivity index (χ1) is 17.6. The number of benzene rings is 1. The predicted molar refractivity (Wildman–Crippen MR) is 137 cm³/mol. The second-order valence-electron chi connectivity index (χ2n) is 9.21. The summed E-state index contributed by atoms with van der Waals surface area (Å²) in [6.45, 7) is 2.78. The van der Waals surface area contributed by atoms with Gasteiger partial charge >= 0.3 is 0 Å². The summed E-state index contributed by atoms with van der Waals surface area (Å²) in [7, 11) is 3.50. The molecule has 2 aliphatic rings. The van der Waals surface area contributed by atoms with Crippen molar-refractivity contribution in [3.63, 3.8) is 0 Å². The number of nitrogens with one attached hydrogen (secondary N) is 2. The highest BCUT2D eigenvalue weighted by Crippen LogP contribution is 2.35. The summed E-state index contributed by atoms with van der Waals surface area (Å²) in [5.74, 6) is 1.77. The third kappa shape index (κ3) is 4.33. The number of pyridine rings is 2. The summed E-state index contributed by atoms with van der Waals surface area (Å²) in [5.41, 5.74) is 3.25. The molecule has 1 aliphatic heterocycles. The summed E-state index contributed by atoms with van der Waals surface area (Å²) in [5, 5.41) is 7.70. The third-order valence-electron chi connectivity index (χ3n) is 6.67. The molecule has 1 aliphatic carbocycles. The molecular formula is C26H28N6O4. The van der Waals surface area contributed by atoms with Gasteiger partial charge in [0.15, 0.2) is 5.58 Å². The molecule has 4 aromatic rings. The van der Waals surface area contributed by atoms with E-state index in [0.29, 0.717) is 36.3 Å². The number of rotatable bonds is 7. The summed E-state index contributed by atoms with van der Waals surface area (Å²) >= 11 is 0. The molecule has 1 saturated heterocycles. The highest BCUT2D eigenvalue weighted by atomic mass is 16.5. The van der Waals surface area contributed by atoms with Crippen LogP contribution in [0.25, 0.3) is 33.3 Å². The van der Waals surface area contributed by atoms with Gasteiger partial charge in [-0.3, -0.25) is 4.79 Å². The van der Waals surface area contributed by atoms with Gasteiger partial charge in [0.05, 0.1) is 24.9 Å². The molecule has 0 bridgehead atoms. The minimum atomic E-state index is 0.0107.